The summed E-state index contributed by atoms with van der Waals surface area (Å²) in [5.41, 5.74) is 9.75. The highest BCUT2D eigenvalue weighted by Gasteiger charge is 2.09. The van der Waals surface area contributed by atoms with Crippen LogP contribution in [0.15, 0.2) is 24.5 Å². The molecule has 3 aromatic rings. The SMILES string of the molecule is COc1cc2c(ccn2CCn2nc(C)c(N)c2C)cn1. The fourth-order valence-electron chi connectivity index (χ4n) is 2.50. The van der Waals surface area contributed by atoms with E-state index in [1.165, 1.54) is 0 Å². The fourth-order valence-corrected chi connectivity index (χ4v) is 2.50. The topological polar surface area (TPSA) is 70.9 Å². The van der Waals surface area contributed by atoms with Crippen molar-refractivity contribution in [2.45, 2.75) is 26.9 Å². The summed E-state index contributed by atoms with van der Waals surface area (Å²) in [6.07, 6.45) is 3.88. The number of methoxy groups -OCH3 is 1. The van der Waals surface area contributed by atoms with Gasteiger partial charge in [-0.3, -0.25) is 4.68 Å². The number of nitrogens with zero attached hydrogens (tertiary/aromatic N) is 4. The van der Waals surface area contributed by atoms with Gasteiger partial charge in [0.15, 0.2) is 0 Å². The minimum atomic E-state index is 0.623. The molecular weight excluding hydrogens is 266 g/mol. The van der Waals surface area contributed by atoms with E-state index in [1.807, 2.05) is 30.8 Å². The third-order valence-corrected chi connectivity index (χ3v) is 3.83. The Labute approximate surface area is 123 Å². The number of rotatable bonds is 4. The third-order valence-electron chi connectivity index (χ3n) is 3.83. The molecule has 6 nitrogen and oxygen atoms in total. The Morgan fingerprint density at radius 3 is 2.76 bits per heavy atom. The van der Waals surface area contributed by atoms with Gasteiger partial charge in [-0.2, -0.15) is 5.10 Å². The van der Waals surface area contributed by atoms with Crippen LogP contribution in [0.1, 0.15) is 11.4 Å². The van der Waals surface area contributed by atoms with Gasteiger partial charge in [0, 0.05) is 30.4 Å². The summed E-state index contributed by atoms with van der Waals surface area (Å²) in [7, 11) is 1.63. The second-order valence-corrected chi connectivity index (χ2v) is 5.10. The van der Waals surface area contributed by atoms with E-state index in [9.17, 15) is 0 Å². The molecule has 0 aromatic carbocycles. The largest absolute Gasteiger partial charge is 0.481 e. The molecule has 0 aliphatic carbocycles. The van der Waals surface area contributed by atoms with Gasteiger partial charge in [0.05, 0.1) is 36.2 Å². The molecule has 3 aromatic heterocycles. The molecule has 21 heavy (non-hydrogen) atoms. The van der Waals surface area contributed by atoms with E-state index < -0.39 is 0 Å². The molecule has 0 aliphatic heterocycles. The molecule has 0 bridgehead atoms. The number of hydrogen-bond donors (Lipinski definition) is 1. The van der Waals surface area contributed by atoms with Gasteiger partial charge in [-0.1, -0.05) is 0 Å². The summed E-state index contributed by atoms with van der Waals surface area (Å²) in [6, 6.07) is 4.00. The third kappa shape index (κ3) is 2.33. The minimum Gasteiger partial charge on any atom is -0.481 e. The Bertz CT molecular complexity index is 787. The lowest BCUT2D eigenvalue weighted by molar-refractivity contribution is 0.398. The number of anilines is 1. The summed E-state index contributed by atoms with van der Waals surface area (Å²) >= 11 is 0. The van der Waals surface area contributed by atoms with Crippen molar-refractivity contribution < 1.29 is 4.74 Å². The number of nitrogens with two attached hydrogens (primary N) is 1. The second kappa shape index (κ2) is 5.12. The first-order valence-electron chi connectivity index (χ1n) is 6.88. The number of aromatic nitrogens is 4. The molecule has 2 N–H and O–H groups in total. The molecule has 0 aliphatic rings. The highest BCUT2D eigenvalue weighted by atomic mass is 16.5. The maximum absolute atomic E-state index is 5.97. The van der Waals surface area contributed by atoms with E-state index in [0.717, 1.165) is 41.1 Å². The van der Waals surface area contributed by atoms with Gasteiger partial charge in [0.1, 0.15) is 0 Å². The number of hydrogen-bond acceptors (Lipinski definition) is 4. The molecule has 6 heteroatoms. The van der Waals surface area contributed by atoms with Crippen molar-refractivity contribution in [3.63, 3.8) is 0 Å². The first kappa shape index (κ1) is 13.5. The van der Waals surface area contributed by atoms with Crippen LogP contribution in [-0.4, -0.2) is 26.4 Å². The summed E-state index contributed by atoms with van der Waals surface area (Å²) in [4.78, 5) is 4.22. The standard InChI is InChI=1S/C15H19N5O/c1-10-15(16)11(2)20(18-10)7-6-19-5-4-12-9-17-14(21-3)8-13(12)19/h4-5,8-9H,6-7,16H2,1-3H3. The number of nitrogen functional groups attached to an aromatic ring is 1. The molecule has 3 rings (SSSR count). The predicted molar refractivity (Wildman–Crippen MR) is 82.4 cm³/mol. The average Bonchev–Trinajstić information content (AvgIpc) is 3.01. The van der Waals surface area contributed by atoms with Crippen LogP contribution in [0.5, 0.6) is 5.88 Å². The monoisotopic (exact) mass is 285 g/mol. The van der Waals surface area contributed by atoms with Crippen molar-refractivity contribution in [1.82, 2.24) is 19.3 Å². The van der Waals surface area contributed by atoms with Crippen molar-refractivity contribution in [3.05, 3.63) is 35.9 Å². The van der Waals surface area contributed by atoms with Crippen LogP contribution >= 0.6 is 0 Å². The van der Waals surface area contributed by atoms with Crippen LogP contribution in [0, 0.1) is 13.8 Å². The van der Waals surface area contributed by atoms with E-state index in [0.29, 0.717) is 5.88 Å². The Kier molecular flexibility index (Phi) is 3.29. The smallest absolute Gasteiger partial charge is 0.215 e. The van der Waals surface area contributed by atoms with Gasteiger partial charge in [-0.15, -0.1) is 0 Å². The summed E-state index contributed by atoms with van der Waals surface area (Å²) < 4.78 is 9.32. The van der Waals surface area contributed by atoms with Crippen LogP contribution in [0.25, 0.3) is 10.9 Å². The van der Waals surface area contributed by atoms with Crippen molar-refractivity contribution in [3.8, 4) is 5.88 Å². The maximum Gasteiger partial charge on any atom is 0.215 e. The molecule has 0 radical (unpaired) electrons. The van der Waals surface area contributed by atoms with Crippen molar-refractivity contribution in [2.75, 3.05) is 12.8 Å². The second-order valence-electron chi connectivity index (χ2n) is 5.10. The van der Waals surface area contributed by atoms with E-state index in [1.54, 1.807) is 7.11 Å². The Morgan fingerprint density at radius 1 is 1.29 bits per heavy atom. The zero-order chi connectivity index (χ0) is 15.0. The lowest BCUT2D eigenvalue weighted by Crippen LogP contribution is -2.09. The Balaban J connectivity index is 1.86. The van der Waals surface area contributed by atoms with Crippen LogP contribution in [-0.2, 0) is 13.1 Å². The molecule has 0 amide bonds. The minimum absolute atomic E-state index is 0.623. The lowest BCUT2D eigenvalue weighted by Gasteiger charge is -2.08. The quantitative estimate of drug-likeness (QED) is 0.797. The molecular formula is C15H19N5O. The first-order valence-corrected chi connectivity index (χ1v) is 6.88. The van der Waals surface area contributed by atoms with E-state index in [4.69, 9.17) is 10.5 Å². The van der Waals surface area contributed by atoms with Gasteiger partial charge < -0.3 is 15.0 Å². The predicted octanol–water partition coefficient (Wildman–Crippen LogP) is 2.14. The van der Waals surface area contributed by atoms with Crippen LogP contribution in [0.2, 0.25) is 0 Å². The van der Waals surface area contributed by atoms with Gasteiger partial charge in [-0.25, -0.2) is 4.98 Å². The number of ether oxygens (including phenoxy) is 1. The normalized spacial score (nSPS) is 11.2. The van der Waals surface area contributed by atoms with Crippen molar-refractivity contribution in [1.29, 1.82) is 0 Å². The number of fused-ring (bicyclic) bond motifs is 1. The molecule has 0 spiro atoms. The Hall–Kier alpha value is -2.50. The number of pyridine rings is 1. The van der Waals surface area contributed by atoms with E-state index in [2.05, 4.69) is 26.9 Å². The summed E-state index contributed by atoms with van der Waals surface area (Å²) in [6.45, 7) is 5.52. The molecule has 0 saturated carbocycles. The molecule has 0 unspecified atom stereocenters. The summed E-state index contributed by atoms with van der Waals surface area (Å²) in [5, 5.41) is 5.56. The molecule has 0 fully saturated rings. The Morgan fingerprint density at radius 2 is 2.10 bits per heavy atom. The van der Waals surface area contributed by atoms with E-state index >= 15 is 0 Å². The number of aryl methyl sites for hydroxylation is 3. The first-order chi connectivity index (χ1) is 10.1. The van der Waals surface area contributed by atoms with Gasteiger partial charge >= 0.3 is 0 Å². The van der Waals surface area contributed by atoms with Crippen LogP contribution < -0.4 is 10.5 Å². The zero-order valence-corrected chi connectivity index (χ0v) is 12.5. The van der Waals surface area contributed by atoms with Crippen molar-refractivity contribution >= 4 is 16.6 Å². The van der Waals surface area contributed by atoms with Crippen LogP contribution in [0.4, 0.5) is 5.69 Å². The van der Waals surface area contributed by atoms with Gasteiger partial charge in [-0.05, 0) is 19.9 Å². The van der Waals surface area contributed by atoms with Crippen molar-refractivity contribution in [2.24, 2.45) is 0 Å². The highest BCUT2D eigenvalue weighted by Crippen LogP contribution is 2.20. The lowest BCUT2D eigenvalue weighted by atomic mass is 10.3. The van der Waals surface area contributed by atoms with Gasteiger partial charge in [0.25, 0.3) is 0 Å². The fraction of sp³-hybridized carbons (Fsp3) is 0.333. The molecule has 0 atom stereocenters. The maximum atomic E-state index is 5.97. The molecule has 3 heterocycles. The molecule has 0 saturated heterocycles. The highest BCUT2D eigenvalue weighted by molar-refractivity contribution is 5.80. The van der Waals surface area contributed by atoms with E-state index in [-0.39, 0.29) is 0 Å². The zero-order valence-electron chi connectivity index (χ0n) is 12.5. The average molecular weight is 285 g/mol. The van der Waals surface area contributed by atoms with Crippen LogP contribution in [0.3, 0.4) is 0 Å². The summed E-state index contributed by atoms with van der Waals surface area (Å²) in [5.74, 6) is 0.623. The molecule has 110 valence electrons. The van der Waals surface area contributed by atoms with Gasteiger partial charge in [0.2, 0.25) is 5.88 Å².